The third-order valence-corrected chi connectivity index (χ3v) is 4.03. The minimum absolute atomic E-state index is 0.349. The molecule has 1 atom stereocenters. The quantitative estimate of drug-likeness (QED) is 0.809. The third kappa shape index (κ3) is 3.11. The number of nitriles is 1. The number of rotatable bonds is 4. The van der Waals surface area contributed by atoms with Gasteiger partial charge in [0.1, 0.15) is 0 Å². The number of likely N-dealkylation sites (tertiary alicyclic amines) is 1. The summed E-state index contributed by atoms with van der Waals surface area (Å²) < 4.78 is 0. The van der Waals surface area contributed by atoms with Crippen LogP contribution in [0.4, 0.5) is 0 Å². The first-order chi connectivity index (χ1) is 8.74. The summed E-state index contributed by atoms with van der Waals surface area (Å²) in [6, 6.07) is 12.7. The van der Waals surface area contributed by atoms with Gasteiger partial charge in [0, 0.05) is 0 Å². The predicted octanol–water partition coefficient (Wildman–Crippen LogP) is 3.34. The molecule has 1 aliphatic heterocycles. The molecular formula is C16H22N2. The van der Waals surface area contributed by atoms with Crippen molar-refractivity contribution >= 4 is 0 Å². The van der Waals surface area contributed by atoms with Gasteiger partial charge in [0.15, 0.2) is 0 Å². The summed E-state index contributed by atoms with van der Waals surface area (Å²) in [5.41, 5.74) is 0.795. The highest BCUT2D eigenvalue weighted by Crippen LogP contribution is 2.27. The highest BCUT2D eigenvalue weighted by molar-refractivity contribution is 5.30. The van der Waals surface area contributed by atoms with E-state index in [1.54, 1.807) is 0 Å². The van der Waals surface area contributed by atoms with E-state index in [2.05, 4.69) is 30.0 Å². The molecule has 96 valence electrons. The van der Waals surface area contributed by atoms with E-state index >= 15 is 0 Å². The SMILES string of the molecule is CC(C#N)(CCN1CCCCC1)c1ccccc1. The van der Waals surface area contributed by atoms with Gasteiger partial charge in [-0.05, 0) is 51.4 Å². The molecular weight excluding hydrogens is 220 g/mol. The van der Waals surface area contributed by atoms with Crippen LogP contribution >= 0.6 is 0 Å². The molecule has 0 amide bonds. The van der Waals surface area contributed by atoms with Crippen LogP contribution in [0.2, 0.25) is 0 Å². The van der Waals surface area contributed by atoms with E-state index in [-0.39, 0.29) is 5.41 Å². The van der Waals surface area contributed by atoms with Gasteiger partial charge < -0.3 is 4.90 Å². The van der Waals surface area contributed by atoms with Crippen molar-refractivity contribution in [1.29, 1.82) is 5.26 Å². The zero-order chi connectivity index (χ0) is 12.8. The Morgan fingerprint density at radius 2 is 1.83 bits per heavy atom. The van der Waals surface area contributed by atoms with Gasteiger partial charge >= 0.3 is 0 Å². The van der Waals surface area contributed by atoms with Gasteiger partial charge in [-0.3, -0.25) is 0 Å². The molecule has 1 aliphatic rings. The second-order valence-electron chi connectivity index (χ2n) is 5.46. The first-order valence-corrected chi connectivity index (χ1v) is 6.94. The van der Waals surface area contributed by atoms with Gasteiger partial charge in [-0.2, -0.15) is 5.26 Å². The Labute approximate surface area is 110 Å². The summed E-state index contributed by atoms with van der Waals surface area (Å²) in [6.45, 7) is 5.51. The van der Waals surface area contributed by atoms with Crippen molar-refractivity contribution in [2.24, 2.45) is 0 Å². The van der Waals surface area contributed by atoms with E-state index in [0.717, 1.165) is 18.5 Å². The first kappa shape index (κ1) is 13.1. The first-order valence-electron chi connectivity index (χ1n) is 6.94. The van der Waals surface area contributed by atoms with E-state index in [1.807, 2.05) is 18.2 Å². The summed E-state index contributed by atoms with van der Waals surface area (Å²) >= 11 is 0. The van der Waals surface area contributed by atoms with Crippen LogP contribution in [0, 0.1) is 11.3 Å². The monoisotopic (exact) mass is 242 g/mol. The average Bonchev–Trinajstić information content (AvgIpc) is 2.47. The maximum absolute atomic E-state index is 9.50. The second-order valence-corrected chi connectivity index (χ2v) is 5.46. The molecule has 2 heteroatoms. The standard InChI is InChI=1S/C16H22N2/c1-16(14-17,15-8-4-2-5-9-15)10-13-18-11-6-3-7-12-18/h2,4-5,8-9H,3,6-7,10-13H2,1H3. The van der Waals surface area contributed by atoms with Crippen molar-refractivity contribution in [3.8, 4) is 6.07 Å². The van der Waals surface area contributed by atoms with Crippen molar-refractivity contribution in [1.82, 2.24) is 4.90 Å². The number of benzene rings is 1. The van der Waals surface area contributed by atoms with Crippen LogP contribution in [0.1, 0.15) is 38.2 Å². The third-order valence-electron chi connectivity index (χ3n) is 4.03. The lowest BCUT2D eigenvalue weighted by molar-refractivity contribution is 0.215. The zero-order valence-corrected chi connectivity index (χ0v) is 11.2. The molecule has 1 heterocycles. The maximum Gasteiger partial charge on any atom is 0.0806 e. The maximum atomic E-state index is 9.50. The van der Waals surface area contributed by atoms with E-state index in [1.165, 1.54) is 32.4 Å². The van der Waals surface area contributed by atoms with E-state index < -0.39 is 0 Å². The molecule has 1 aromatic carbocycles. The summed E-state index contributed by atoms with van der Waals surface area (Å²) in [6.07, 6.45) is 4.92. The van der Waals surface area contributed by atoms with Crippen LogP contribution in [0.15, 0.2) is 30.3 Å². The van der Waals surface area contributed by atoms with E-state index in [9.17, 15) is 5.26 Å². The molecule has 0 radical (unpaired) electrons. The van der Waals surface area contributed by atoms with Crippen LogP contribution in [0.25, 0.3) is 0 Å². The van der Waals surface area contributed by atoms with Crippen molar-refractivity contribution < 1.29 is 0 Å². The van der Waals surface area contributed by atoms with Crippen LogP contribution in [-0.4, -0.2) is 24.5 Å². The Hall–Kier alpha value is -1.33. The van der Waals surface area contributed by atoms with Crippen LogP contribution in [0.5, 0.6) is 0 Å². The van der Waals surface area contributed by atoms with Crippen LogP contribution in [0.3, 0.4) is 0 Å². The minimum Gasteiger partial charge on any atom is -0.303 e. The summed E-state index contributed by atoms with van der Waals surface area (Å²) in [4.78, 5) is 2.50. The van der Waals surface area contributed by atoms with Crippen molar-refractivity contribution in [2.75, 3.05) is 19.6 Å². The molecule has 1 saturated heterocycles. The van der Waals surface area contributed by atoms with Crippen molar-refractivity contribution in [2.45, 2.75) is 38.0 Å². The molecule has 0 N–H and O–H groups in total. The van der Waals surface area contributed by atoms with Gasteiger partial charge in [0.25, 0.3) is 0 Å². The zero-order valence-electron chi connectivity index (χ0n) is 11.2. The van der Waals surface area contributed by atoms with Crippen LogP contribution < -0.4 is 0 Å². The van der Waals surface area contributed by atoms with Gasteiger partial charge in [0.05, 0.1) is 11.5 Å². The molecule has 2 nitrogen and oxygen atoms in total. The number of piperidine rings is 1. The Morgan fingerprint density at radius 3 is 2.44 bits per heavy atom. The molecule has 1 fully saturated rings. The number of hydrogen-bond donors (Lipinski definition) is 0. The van der Waals surface area contributed by atoms with Gasteiger partial charge in [-0.15, -0.1) is 0 Å². The summed E-state index contributed by atoms with van der Waals surface area (Å²) in [5, 5.41) is 9.50. The molecule has 0 bridgehead atoms. The summed E-state index contributed by atoms with van der Waals surface area (Å²) in [5.74, 6) is 0. The summed E-state index contributed by atoms with van der Waals surface area (Å²) in [7, 11) is 0. The fourth-order valence-electron chi connectivity index (χ4n) is 2.64. The fourth-order valence-corrected chi connectivity index (χ4v) is 2.64. The molecule has 1 aromatic rings. The lowest BCUT2D eigenvalue weighted by Gasteiger charge is -2.30. The predicted molar refractivity (Wildman–Crippen MR) is 74.3 cm³/mol. The molecule has 18 heavy (non-hydrogen) atoms. The van der Waals surface area contributed by atoms with Gasteiger partial charge in [-0.25, -0.2) is 0 Å². The number of hydrogen-bond acceptors (Lipinski definition) is 2. The van der Waals surface area contributed by atoms with Gasteiger partial charge in [-0.1, -0.05) is 36.8 Å². The van der Waals surface area contributed by atoms with Gasteiger partial charge in [0.2, 0.25) is 0 Å². The Bertz CT molecular complexity index is 401. The number of nitrogens with zero attached hydrogens (tertiary/aromatic N) is 2. The minimum atomic E-state index is -0.349. The molecule has 0 spiro atoms. The molecule has 1 unspecified atom stereocenters. The van der Waals surface area contributed by atoms with Crippen LogP contribution in [-0.2, 0) is 5.41 Å². The van der Waals surface area contributed by atoms with E-state index in [0.29, 0.717) is 0 Å². The van der Waals surface area contributed by atoms with Crippen molar-refractivity contribution in [3.63, 3.8) is 0 Å². The topological polar surface area (TPSA) is 27.0 Å². The highest BCUT2D eigenvalue weighted by atomic mass is 15.1. The van der Waals surface area contributed by atoms with E-state index in [4.69, 9.17) is 0 Å². The lowest BCUT2D eigenvalue weighted by atomic mass is 9.81. The second kappa shape index (κ2) is 6.02. The molecule has 2 rings (SSSR count). The smallest absolute Gasteiger partial charge is 0.0806 e. The Morgan fingerprint density at radius 1 is 1.17 bits per heavy atom. The fraction of sp³-hybridized carbons (Fsp3) is 0.562. The Kier molecular flexibility index (Phi) is 4.38. The normalized spacial score (nSPS) is 20.0. The largest absolute Gasteiger partial charge is 0.303 e. The molecule has 0 saturated carbocycles. The van der Waals surface area contributed by atoms with Crippen molar-refractivity contribution in [3.05, 3.63) is 35.9 Å². The molecule has 0 aliphatic carbocycles. The average molecular weight is 242 g/mol. The molecule has 0 aromatic heterocycles. The lowest BCUT2D eigenvalue weighted by Crippen LogP contribution is -2.34. The Balaban J connectivity index is 1.98. The highest BCUT2D eigenvalue weighted by Gasteiger charge is 2.27.